The maximum Gasteiger partial charge on any atom is 0.250 e. The minimum absolute atomic E-state index is 0.186. The molecule has 6 heteroatoms. The third kappa shape index (κ3) is 2.93. The summed E-state index contributed by atoms with van der Waals surface area (Å²) >= 11 is 3.14. The summed E-state index contributed by atoms with van der Waals surface area (Å²) in [5, 5.41) is 4.47. The van der Waals surface area contributed by atoms with Crippen LogP contribution in [0, 0.1) is 6.92 Å². The van der Waals surface area contributed by atoms with Crippen LogP contribution in [0.2, 0.25) is 0 Å². The Morgan fingerprint density at radius 3 is 2.50 bits per heavy atom. The zero-order valence-corrected chi connectivity index (χ0v) is 14.4. The van der Waals surface area contributed by atoms with Gasteiger partial charge in [-0.25, -0.2) is 9.97 Å². The van der Waals surface area contributed by atoms with Crippen LogP contribution in [0.3, 0.4) is 0 Å². The van der Waals surface area contributed by atoms with Crippen molar-refractivity contribution in [1.29, 1.82) is 0 Å². The minimum Gasteiger partial charge on any atom is -0.298 e. The average molecular weight is 351 g/mol. The Morgan fingerprint density at radius 1 is 1.00 bits per heavy atom. The summed E-state index contributed by atoms with van der Waals surface area (Å²) < 4.78 is 2.20. The lowest BCUT2D eigenvalue weighted by Crippen LogP contribution is -2.07. The monoisotopic (exact) mass is 351 g/mol. The number of carbonyl (C=O) groups excluding carboxylic acids is 1. The van der Waals surface area contributed by atoms with E-state index >= 15 is 0 Å². The molecule has 0 unspecified atom stereocenters. The van der Waals surface area contributed by atoms with Gasteiger partial charge in [-0.1, -0.05) is 41.7 Å². The molecule has 0 atom stereocenters. The number of anilines is 1. The summed E-state index contributed by atoms with van der Waals surface area (Å²) in [6, 6.07) is 13.6. The molecule has 0 bridgehead atoms. The van der Waals surface area contributed by atoms with E-state index in [4.69, 9.17) is 0 Å². The molecule has 0 saturated carbocycles. The molecule has 0 saturated heterocycles. The molecule has 0 aliphatic rings. The highest BCUT2D eigenvalue weighted by atomic mass is 32.1. The molecule has 2 heterocycles. The van der Waals surface area contributed by atoms with Gasteiger partial charge in [-0.15, -0.1) is 11.3 Å². The molecular formula is C18H13N3OS2. The van der Waals surface area contributed by atoms with Crippen molar-refractivity contribution in [2.45, 2.75) is 6.92 Å². The first-order chi connectivity index (χ1) is 11.7. The lowest BCUT2D eigenvalue weighted by Gasteiger charge is -1.95. The van der Waals surface area contributed by atoms with E-state index in [0.29, 0.717) is 5.13 Å². The Morgan fingerprint density at radius 2 is 1.71 bits per heavy atom. The molecule has 4 nitrogen and oxygen atoms in total. The number of fused-ring (bicyclic) bond motifs is 3. The standard InChI is InChI=1S/C18H13N3OS2/c1-11-19-13-8-9-14-17(16(13)23-11)24-18(20-14)21-15(22)10-7-12-5-3-2-4-6-12/h2-10H,1H3,(H,20,21,22)/b10-7+. The fraction of sp³-hybridized carbons (Fsp3) is 0.0556. The van der Waals surface area contributed by atoms with Crippen molar-refractivity contribution in [2.75, 3.05) is 5.32 Å². The zero-order valence-electron chi connectivity index (χ0n) is 12.8. The lowest BCUT2D eigenvalue weighted by molar-refractivity contribution is -0.111. The number of nitrogens with one attached hydrogen (secondary N) is 1. The smallest absolute Gasteiger partial charge is 0.250 e. The Labute approximate surface area is 146 Å². The molecule has 118 valence electrons. The van der Waals surface area contributed by atoms with Crippen molar-refractivity contribution in [3.63, 3.8) is 0 Å². The number of aromatic nitrogens is 2. The second kappa shape index (κ2) is 6.14. The quantitative estimate of drug-likeness (QED) is 0.536. The first-order valence-electron chi connectivity index (χ1n) is 7.40. The number of aryl methyl sites for hydroxylation is 1. The van der Waals surface area contributed by atoms with Crippen molar-refractivity contribution >= 4 is 60.2 Å². The normalized spacial score (nSPS) is 11.5. The Hall–Kier alpha value is -2.57. The summed E-state index contributed by atoms with van der Waals surface area (Å²) in [6.07, 6.45) is 3.31. The number of amides is 1. The van der Waals surface area contributed by atoms with Gasteiger partial charge in [0.2, 0.25) is 5.91 Å². The van der Waals surface area contributed by atoms with Gasteiger partial charge in [-0.2, -0.15) is 0 Å². The highest BCUT2D eigenvalue weighted by Crippen LogP contribution is 2.35. The van der Waals surface area contributed by atoms with Crippen LogP contribution < -0.4 is 5.32 Å². The first kappa shape index (κ1) is 15.0. The third-order valence-corrected chi connectivity index (χ3v) is 5.61. The molecule has 2 aromatic heterocycles. The molecule has 24 heavy (non-hydrogen) atoms. The number of hydrogen-bond donors (Lipinski definition) is 1. The van der Waals surface area contributed by atoms with E-state index in [1.165, 1.54) is 17.4 Å². The highest BCUT2D eigenvalue weighted by molar-refractivity contribution is 7.28. The number of carbonyl (C=O) groups is 1. The summed E-state index contributed by atoms with van der Waals surface area (Å²) in [4.78, 5) is 21.1. The molecule has 0 aliphatic carbocycles. The van der Waals surface area contributed by atoms with Gasteiger partial charge in [0, 0.05) is 6.08 Å². The van der Waals surface area contributed by atoms with Gasteiger partial charge < -0.3 is 0 Å². The molecule has 0 fully saturated rings. The van der Waals surface area contributed by atoms with E-state index in [-0.39, 0.29) is 5.91 Å². The van der Waals surface area contributed by atoms with Gasteiger partial charge >= 0.3 is 0 Å². The fourth-order valence-corrected chi connectivity index (χ4v) is 4.43. The maximum absolute atomic E-state index is 12.1. The molecule has 2 aromatic carbocycles. The van der Waals surface area contributed by atoms with Crippen molar-refractivity contribution in [3.8, 4) is 0 Å². The van der Waals surface area contributed by atoms with Crippen LogP contribution in [0.1, 0.15) is 10.6 Å². The molecule has 0 aliphatic heterocycles. The maximum atomic E-state index is 12.1. The number of hydrogen-bond acceptors (Lipinski definition) is 5. The molecule has 1 N–H and O–H groups in total. The van der Waals surface area contributed by atoms with Crippen LogP contribution in [-0.2, 0) is 4.79 Å². The van der Waals surface area contributed by atoms with Gasteiger partial charge in [0.25, 0.3) is 0 Å². The van der Waals surface area contributed by atoms with Crippen molar-refractivity contribution in [3.05, 3.63) is 59.1 Å². The highest BCUT2D eigenvalue weighted by Gasteiger charge is 2.11. The summed E-state index contributed by atoms with van der Waals surface area (Å²) in [5.41, 5.74) is 2.85. The van der Waals surface area contributed by atoms with E-state index in [9.17, 15) is 4.79 Å². The van der Waals surface area contributed by atoms with E-state index in [2.05, 4.69) is 15.3 Å². The largest absolute Gasteiger partial charge is 0.298 e. The van der Waals surface area contributed by atoms with Gasteiger partial charge in [0.15, 0.2) is 5.13 Å². The van der Waals surface area contributed by atoms with E-state index in [1.54, 1.807) is 17.4 Å². The second-order valence-electron chi connectivity index (χ2n) is 5.25. The molecule has 0 radical (unpaired) electrons. The van der Waals surface area contributed by atoms with Crippen LogP contribution >= 0.6 is 22.7 Å². The molecule has 4 rings (SSSR count). The number of benzene rings is 2. The van der Waals surface area contributed by atoms with E-state index < -0.39 is 0 Å². The van der Waals surface area contributed by atoms with Gasteiger partial charge in [-0.05, 0) is 30.7 Å². The van der Waals surface area contributed by atoms with Crippen LogP contribution in [-0.4, -0.2) is 15.9 Å². The Bertz CT molecular complexity index is 1060. The average Bonchev–Trinajstić information content (AvgIpc) is 3.15. The topological polar surface area (TPSA) is 54.9 Å². The van der Waals surface area contributed by atoms with Gasteiger partial charge in [0.05, 0.1) is 25.4 Å². The summed E-state index contributed by atoms with van der Waals surface area (Å²) in [7, 11) is 0. The summed E-state index contributed by atoms with van der Waals surface area (Å²) in [5.74, 6) is -0.186. The molecule has 4 aromatic rings. The van der Waals surface area contributed by atoms with Crippen molar-refractivity contribution in [2.24, 2.45) is 0 Å². The predicted molar refractivity (Wildman–Crippen MR) is 102 cm³/mol. The van der Waals surface area contributed by atoms with E-state index in [1.807, 2.05) is 49.4 Å². The number of nitrogens with zero attached hydrogens (tertiary/aromatic N) is 2. The molecular weight excluding hydrogens is 338 g/mol. The Balaban J connectivity index is 1.59. The van der Waals surface area contributed by atoms with Crippen LogP contribution in [0.5, 0.6) is 0 Å². The predicted octanol–water partition coefficient (Wildman–Crippen LogP) is 4.87. The SMILES string of the molecule is Cc1nc2ccc3nc(NC(=O)/C=C/c4ccccc4)sc3c2s1. The minimum atomic E-state index is -0.186. The van der Waals surface area contributed by atoms with Gasteiger partial charge in [-0.3, -0.25) is 10.1 Å². The zero-order chi connectivity index (χ0) is 16.5. The van der Waals surface area contributed by atoms with Gasteiger partial charge in [0.1, 0.15) is 0 Å². The van der Waals surface area contributed by atoms with Crippen LogP contribution in [0.4, 0.5) is 5.13 Å². The number of rotatable bonds is 3. The van der Waals surface area contributed by atoms with Crippen molar-refractivity contribution < 1.29 is 4.79 Å². The molecule has 1 amide bonds. The lowest BCUT2D eigenvalue weighted by atomic mass is 10.2. The Kier molecular flexibility index (Phi) is 3.84. The third-order valence-electron chi connectivity index (χ3n) is 3.48. The first-order valence-corrected chi connectivity index (χ1v) is 9.03. The van der Waals surface area contributed by atoms with Crippen molar-refractivity contribution in [1.82, 2.24) is 9.97 Å². The van der Waals surface area contributed by atoms with E-state index in [0.717, 1.165) is 31.0 Å². The molecule has 0 spiro atoms. The summed E-state index contributed by atoms with van der Waals surface area (Å²) in [6.45, 7) is 1.99. The fourth-order valence-electron chi connectivity index (χ4n) is 2.42. The van der Waals surface area contributed by atoms with Crippen LogP contribution in [0.15, 0.2) is 48.5 Å². The number of thiazole rings is 2. The second-order valence-corrected chi connectivity index (χ2v) is 7.45. The van der Waals surface area contributed by atoms with Crippen LogP contribution in [0.25, 0.3) is 26.5 Å².